The molecule has 2 heterocycles. The smallest absolute Gasteiger partial charge is 0.282 e. The predicted octanol–water partition coefficient (Wildman–Crippen LogP) is 6.04. The summed E-state index contributed by atoms with van der Waals surface area (Å²) >= 11 is 6.27. The van der Waals surface area contributed by atoms with Crippen molar-refractivity contribution in [2.75, 3.05) is 7.11 Å². The number of allylic oxidation sites excluding steroid dienone is 2. The summed E-state index contributed by atoms with van der Waals surface area (Å²) in [4.78, 5) is 13.5. The second-order valence-corrected chi connectivity index (χ2v) is 7.93. The molecule has 5 nitrogen and oxygen atoms in total. The molecule has 1 aliphatic rings. The highest BCUT2D eigenvalue weighted by molar-refractivity contribution is 6.31. The van der Waals surface area contributed by atoms with E-state index in [0.717, 1.165) is 16.7 Å². The maximum atomic E-state index is 13.5. The number of carbonyl (C=O) groups is 1. The molecule has 0 fully saturated rings. The third-order valence-electron chi connectivity index (χ3n) is 5.55. The van der Waals surface area contributed by atoms with Gasteiger partial charge in [-0.05, 0) is 35.4 Å². The van der Waals surface area contributed by atoms with Crippen molar-refractivity contribution in [2.24, 2.45) is 0 Å². The van der Waals surface area contributed by atoms with Crippen molar-refractivity contribution in [3.63, 3.8) is 0 Å². The number of aliphatic hydroxyl groups excluding tert-OH is 1. The van der Waals surface area contributed by atoms with Crippen LogP contribution in [0.25, 0.3) is 28.0 Å². The monoisotopic (exact) mass is 442 g/mol. The highest BCUT2D eigenvalue weighted by atomic mass is 35.5. The molecule has 5 rings (SSSR count). The summed E-state index contributed by atoms with van der Waals surface area (Å²) < 4.78 is 6.60. The summed E-state index contributed by atoms with van der Waals surface area (Å²) in [7, 11) is 1.58. The minimum atomic E-state index is -0.376. The molecule has 158 valence electrons. The fourth-order valence-corrected chi connectivity index (χ4v) is 4.24. The number of halogens is 1. The molecule has 0 spiro atoms. The van der Waals surface area contributed by atoms with Gasteiger partial charge in [0.25, 0.3) is 5.91 Å². The van der Waals surface area contributed by atoms with Crippen molar-refractivity contribution < 1.29 is 14.6 Å². The maximum Gasteiger partial charge on any atom is 0.282 e. The average molecular weight is 443 g/mol. The van der Waals surface area contributed by atoms with Gasteiger partial charge in [-0.15, -0.1) is 0 Å². The van der Waals surface area contributed by atoms with Crippen LogP contribution in [0, 0.1) is 0 Å². The summed E-state index contributed by atoms with van der Waals surface area (Å²) in [6.45, 7) is 0. The summed E-state index contributed by atoms with van der Waals surface area (Å²) in [6, 6.07) is 24.1. The van der Waals surface area contributed by atoms with Crippen molar-refractivity contribution in [1.82, 2.24) is 9.78 Å². The molecule has 32 heavy (non-hydrogen) atoms. The first-order chi connectivity index (χ1) is 15.6. The Bertz CT molecular complexity index is 1360. The van der Waals surface area contributed by atoms with Crippen LogP contribution < -0.4 is 4.74 Å². The number of hydrogen-bond acceptors (Lipinski definition) is 4. The number of benzene rings is 3. The van der Waals surface area contributed by atoms with Gasteiger partial charge in [0.05, 0.1) is 18.4 Å². The number of ether oxygens (including phenoxy) is 1. The molecule has 0 radical (unpaired) electrons. The number of rotatable bonds is 4. The van der Waals surface area contributed by atoms with Crippen LogP contribution in [-0.2, 0) is 6.42 Å². The minimum absolute atomic E-state index is 0.00968. The van der Waals surface area contributed by atoms with E-state index in [1.54, 1.807) is 37.4 Å². The lowest BCUT2D eigenvalue weighted by molar-refractivity contribution is 0.0953. The van der Waals surface area contributed by atoms with Gasteiger partial charge in [-0.25, -0.2) is 0 Å². The highest BCUT2D eigenvalue weighted by Gasteiger charge is 2.33. The summed E-state index contributed by atoms with van der Waals surface area (Å²) in [6.07, 6.45) is 0.175. The number of methoxy groups -OCH3 is 1. The number of carbonyl (C=O) groups excluding carboxylic acids is 1. The van der Waals surface area contributed by atoms with Gasteiger partial charge in [-0.1, -0.05) is 66.2 Å². The Morgan fingerprint density at radius 2 is 1.66 bits per heavy atom. The average Bonchev–Trinajstić information content (AvgIpc) is 3.20. The number of hydrogen-bond donors (Lipinski definition) is 1. The van der Waals surface area contributed by atoms with Crippen LogP contribution in [0.2, 0.25) is 5.02 Å². The van der Waals surface area contributed by atoms with E-state index in [2.05, 4.69) is 0 Å². The SMILES string of the molecule is COc1ccc(C2=C(O)Cc3c(-c4cccc(Cl)c4)c(-c4ccccc4)nn3C2=O)cc1. The van der Waals surface area contributed by atoms with E-state index in [9.17, 15) is 9.90 Å². The van der Waals surface area contributed by atoms with E-state index in [4.69, 9.17) is 21.4 Å². The van der Waals surface area contributed by atoms with Gasteiger partial charge < -0.3 is 9.84 Å². The van der Waals surface area contributed by atoms with Gasteiger partial charge in [0.2, 0.25) is 0 Å². The minimum Gasteiger partial charge on any atom is -0.511 e. The summed E-state index contributed by atoms with van der Waals surface area (Å²) in [5.41, 5.74) is 4.65. The van der Waals surface area contributed by atoms with Crippen molar-refractivity contribution in [3.8, 4) is 28.1 Å². The van der Waals surface area contributed by atoms with Crippen molar-refractivity contribution in [1.29, 1.82) is 0 Å². The van der Waals surface area contributed by atoms with Crippen LogP contribution in [0.1, 0.15) is 16.1 Å². The zero-order chi connectivity index (χ0) is 22.2. The van der Waals surface area contributed by atoms with E-state index in [0.29, 0.717) is 27.7 Å². The molecule has 4 aromatic rings. The molecule has 0 unspecified atom stereocenters. The summed E-state index contributed by atoms with van der Waals surface area (Å²) in [5.74, 6) is 0.307. The van der Waals surface area contributed by atoms with Gasteiger partial charge in [0, 0.05) is 22.6 Å². The van der Waals surface area contributed by atoms with Gasteiger partial charge >= 0.3 is 0 Å². The lowest BCUT2D eigenvalue weighted by Crippen LogP contribution is -2.24. The maximum absolute atomic E-state index is 13.5. The first-order valence-electron chi connectivity index (χ1n) is 10.1. The molecule has 0 atom stereocenters. The standard InChI is InChI=1S/C26H19ClN2O3/c1-32-20-12-10-16(11-13-20)24-22(30)15-21-23(18-8-5-9-19(27)14-18)25(28-29(21)26(24)31)17-6-3-2-4-7-17/h2-14,30H,15H2,1H3. The Labute approximate surface area is 190 Å². The first kappa shape index (κ1) is 20.1. The number of nitrogens with zero attached hydrogens (tertiary/aromatic N) is 2. The largest absolute Gasteiger partial charge is 0.511 e. The summed E-state index contributed by atoms with van der Waals surface area (Å²) in [5, 5.41) is 16.2. The van der Waals surface area contributed by atoms with Gasteiger partial charge in [0.15, 0.2) is 0 Å². The third kappa shape index (κ3) is 3.37. The molecule has 0 saturated carbocycles. The van der Waals surface area contributed by atoms with E-state index in [1.165, 1.54) is 4.68 Å². The molecule has 1 aromatic heterocycles. The molecule has 0 aliphatic carbocycles. The molecule has 0 amide bonds. The first-order valence-corrected chi connectivity index (χ1v) is 10.5. The predicted molar refractivity (Wildman–Crippen MR) is 125 cm³/mol. The molecule has 3 aromatic carbocycles. The molecule has 0 bridgehead atoms. The zero-order valence-corrected chi connectivity index (χ0v) is 18.0. The van der Waals surface area contributed by atoms with E-state index in [1.807, 2.05) is 48.5 Å². The molecule has 1 aliphatic heterocycles. The normalized spacial score (nSPS) is 13.2. The van der Waals surface area contributed by atoms with Crippen LogP contribution in [0.5, 0.6) is 5.75 Å². The van der Waals surface area contributed by atoms with Crippen LogP contribution in [-0.4, -0.2) is 27.9 Å². The Kier molecular flexibility index (Phi) is 5.04. The Hall–Kier alpha value is -3.83. The fraction of sp³-hybridized carbons (Fsp3) is 0.0769. The second kappa shape index (κ2) is 8.02. The van der Waals surface area contributed by atoms with Crippen LogP contribution in [0.4, 0.5) is 0 Å². The lowest BCUT2D eigenvalue weighted by Gasteiger charge is -2.18. The Morgan fingerprint density at radius 1 is 0.938 bits per heavy atom. The van der Waals surface area contributed by atoms with Crippen LogP contribution in [0.15, 0.2) is 84.6 Å². The number of aliphatic hydroxyl groups is 1. The third-order valence-corrected chi connectivity index (χ3v) is 5.79. The van der Waals surface area contributed by atoms with Gasteiger partial charge in [-0.2, -0.15) is 9.78 Å². The van der Waals surface area contributed by atoms with Gasteiger partial charge in [0.1, 0.15) is 17.2 Å². The van der Waals surface area contributed by atoms with E-state index >= 15 is 0 Å². The highest BCUT2D eigenvalue weighted by Crippen LogP contribution is 2.40. The van der Waals surface area contributed by atoms with Crippen molar-refractivity contribution >= 4 is 23.1 Å². The lowest BCUT2D eigenvalue weighted by atomic mass is 9.93. The van der Waals surface area contributed by atoms with Crippen molar-refractivity contribution in [3.05, 3.63) is 101 Å². The van der Waals surface area contributed by atoms with E-state index in [-0.39, 0.29) is 23.7 Å². The number of fused-ring (bicyclic) bond motifs is 1. The fourth-order valence-electron chi connectivity index (χ4n) is 4.05. The Morgan fingerprint density at radius 3 is 2.34 bits per heavy atom. The molecule has 1 N–H and O–H groups in total. The van der Waals surface area contributed by atoms with Crippen molar-refractivity contribution in [2.45, 2.75) is 6.42 Å². The topological polar surface area (TPSA) is 64.3 Å². The molecule has 0 saturated heterocycles. The zero-order valence-electron chi connectivity index (χ0n) is 17.2. The Balaban J connectivity index is 1.70. The van der Waals surface area contributed by atoms with E-state index < -0.39 is 0 Å². The second-order valence-electron chi connectivity index (χ2n) is 7.49. The molecular weight excluding hydrogens is 424 g/mol. The van der Waals surface area contributed by atoms with Crippen LogP contribution >= 0.6 is 11.6 Å². The quantitative estimate of drug-likeness (QED) is 0.418. The van der Waals surface area contributed by atoms with Gasteiger partial charge in [-0.3, -0.25) is 4.79 Å². The van der Waals surface area contributed by atoms with Crippen LogP contribution in [0.3, 0.4) is 0 Å². The molecular formula is C26H19ClN2O3. The number of aromatic nitrogens is 2. The molecule has 6 heteroatoms.